The maximum absolute atomic E-state index is 15.1. The lowest BCUT2D eigenvalue weighted by Gasteiger charge is -2.46. The molecule has 0 aliphatic heterocycles. The number of benzene rings is 1. The van der Waals surface area contributed by atoms with Crippen molar-refractivity contribution in [2.24, 2.45) is 17.3 Å². The van der Waals surface area contributed by atoms with Crippen LogP contribution in [0.2, 0.25) is 0 Å². The molecule has 194 valence electrons. The lowest BCUT2D eigenvalue weighted by Crippen LogP contribution is -2.45. The Morgan fingerprint density at radius 2 is 1.97 bits per heavy atom. The van der Waals surface area contributed by atoms with Crippen molar-refractivity contribution in [3.8, 4) is 17.5 Å². The smallest absolute Gasteiger partial charge is 0.179 e. The minimum atomic E-state index is -0.637. The van der Waals surface area contributed by atoms with Crippen LogP contribution in [0.4, 0.5) is 4.39 Å². The van der Waals surface area contributed by atoms with Gasteiger partial charge >= 0.3 is 0 Å². The van der Waals surface area contributed by atoms with Crippen molar-refractivity contribution < 1.29 is 9.18 Å². The van der Waals surface area contributed by atoms with Crippen molar-refractivity contribution in [3.05, 3.63) is 96.3 Å². The number of pyridine rings is 1. The van der Waals surface area contributed by atoms with Crippen molar-refractivity contribution in [1.29, 1.82) is 5.26 Å². The maximum Gasteiger partial charge on any atom is 0.179 e. The molecule has 2 heterocycles. The van der Waals surface area contributed by atoms with Gasteiger partial charge in [0.2, 0.25) is 0 Å². The summed E-state index contributed by atoms with van der Waals surface area (Å²) in [5, 5.41) is 10.8. The number of hydrogen-bond donors (Lipinski definition) is 0. The average molecular weight is 517 g/mol. The number of carbonyl (C=O) groups excluding carboxylic acids is 1. The van der Waals surface area contributed by atoms with Gasteiger partial charge in [0.15, 0.2) is 11.6 Å². The number of halogens is 1. The van der Waals surface area contributed by atoms with E-state index >= 15 is 4.39 Å². The number of ketones is 1. The zero-order valence-electron chi connectivity index (χ0n) is 22.0. The predicted molar refractivity (Wildman–Crippen MR) is 150 cm³/mol. The number of allylic oxidation sites excluding steroid dienone is 6. The van der Waals surface area contributed by atoms with Crippen LogP contribution in [0.3, 0.4) is 0 Å². The summed E-state index contributed by atoms with van der Waals surface area (Å²) in [7, 11) is 0. The van der Waals surface area contributed by atoms with E-state index in [1.807, 2.05) is 37.3 Å². The number of hydrogen-bond acceptors (Lipinski definition) is 5. The van der Waals surface area contributed by atoms with Crippen LogP contribution in [-0.4, -0.2) is 20.7 Å². The number of fused-ring (bicyclic) bond motifs is 4. The molecule has 3 aromatic rings. The second-order valence-corrected chi connectivity index (χ2v) is 11.1. The van der Waals surface area contributed by atoms with E-state index < -0.39 is 11.2 Å². The van der Waals surface area contributed by atoms with E-state index in [9.17, 15) is 10.1 Å². The van der Waals surface area contributed by atoms with Gasteiger partial charge in [-0.05, 0) is 49.3 Å². The van der Waals surface area contributed by atoms with E-state index in [1.165, 1.54) is 12.2 Å². The van der Waals surface area contributed by atoms with Gasteiger partial charge in [0.05, 0.1) is 22.5 Å². The number of rotatable bonds is 6. The van der Waals surface area contributed by atoms with Crippen LogP contribution in [0.25, 0.3) is 27.9 Å². The van der Waals surface area contributed by atoms with Crippen molar-refractivity contribution in [2.75, 3.05) is 0 Å². The zero-order chi connectivity index (χ0) is 27.3. The number of aromatic nitrogens is 3. The Balaban J connectivity index is 1.63. The van der Waals surface area contributed by atoms with E-state index in [0.717, 1.165) is 53.4 Å². The molecule has 2 unspecified atom stereocenters. The van der Waals surface area contributed by atoms with Gasteiger partial charge in [-0.3, -0.25) is 9.78 Å². The van der Waals surface area contributed by atoms with Crippen LogP contribution < -0.4 is 0 Å². The lowest BCUT2D eigenvalue weighted by atomic mass is 9.56. The van der Waals surface area contributed by atoms with Gasteiger partial charge in [0, 0.05) is 39.6 Å². The van der Waals surface area contributed by atoms with Crippen LogP contribution >= 0.6 is 0 Å². The lowest BCUT2D eigenvalue weighted by molar-refractivity contribution is -0.129. The highest BCUT2D eigenvalue weighted by atomic mass is 19.1. The fraction of sp³-hybridized carbons (Fsp3) is 0.303. The molecule has 1 aromatic carbocycles. The molecular formula is C33H29FN4O. The third kappa shape index (κ3) is 4.04. The summed E-state index contributed by atoms with van der Waals surface area (Å²) in [6.45, 7) is 9.53. The standard InChI is InChI=1S/C33H29FN4O/c1-4-21(27(34)5-2)29-24-12-13-26-25(16-20(18-35)31(39)33(26,3)17-19-10-11-19)30(24)38-32(37-29)23-14-15-36-28-9-7-6-8-22(23)28/h4-9,14-16,19,25-26H,1-2,10-13,17H2,3H3/b27-21-/t25?,26?,33-/m1/s1. The third-order valence-electron chi connectivity index (χ3n) is 8.74. The summed E-state index contributed by atoms with van der Waals surface area (Å²) in [6, 6.07) is 11.8. The van der Waals surface area contributed by atoms with E-state index in [2.05, 4.69) is 24.2 Å². The van der Waals surface area contributed by atoms with Gasteiger partial charge in [-0.2, -0.15) is 5.26 Å². The number of para-hydroxylation sites is 1. The molecule has 3 atom stereocenters. The highest BCUT2D eigenvalue weighted by molar-refractivity contribution is 6.04. The van der Waals surface area contributed by atoms with Gasteiger partial charge < -0.3 is 0 Å². The van der Waals surface area contributed by atoms with Gasteiger partial charge in [-0.25, -0.2) is 14.4 Å². The minimum absolute atomic E-state index is 0.000367. The molecule has 0 radical (unpaired) electrons. The molecule has 1 fully saturated rings. The molecule has 3 aliphatic rings. The molecule has 0 amide bonds. The van der Waals surface area contributed by atoms with Gasteiger partial charge in [-0.15, -0.1) is 0 Å². The second kappa shape index (κ2) is 9.50. The van der Waals surface area contributed by atoms with Crippen LogP contribution in [0.15, 0.2) is 79.3 Å². The number of carbonyl (C=O) groups is 1. The van der Waals surface area contributed by atoms with Gasteiger partial charge in [0.25, 0.3) is 0 Å². The monoisotopic (exact) mass is 516 g/mol. The van der Waals surface area contributed by atoms with E-state index in [-0.39, 0.29) is 28.8 Å². The summed E-state index contributed by atoms with van der Waals surface area (Å²) in [5.74, 6) is 0.157. The van der Waals surface area contributed by atoms with E-state index in [4.69, 9.17) is 9.97 Å². The van der Waals surface area contributed by atoms with Crippen molar-refractivity contribution in [1.82, 2.24) is 15.0 Å². The molecule has 39 heavy (non-hydrogen) atoms. The first-order valence-corrected chi connectivity index (χ1v) is 13.5. The fourth-order valence-corrected chi connectivity index (χ4v) is 6.64. The molecule has 0 saturated heterocycles. The van der Waals surface area contributed by atoms with E-state index in [1.54, 1.807) is 12.3 Å². The molecule has 2 aromatic heterocycles. The van der Waals surface area contributed by atoms with E-state index in [0.29, 0.717) is 23.9 Å². The fourth-order valence-electron chi connectivity index (χ4n) is 6.64. The Morgan fingerprint density at radius 3 is 2.69 bits per heavy atom. The zero-order valence-corrected chi connectivity index (χ0v) is 22.0. The molecule has 0 bridgehead atoms. The first-order valence-electron chi connectivity index (χ1n) is 13.5. The number of nitriles is 1. The van der Waals surface area contributed by atoms with Crippen LogP contribution in [0.1, 0.15) is 55.5 Å². The molecule has 0 spiro atoms. The number of Topliss-reactive ketones (excluding diaryl/α,β-unsaturated/α-hetero) is 1. The highest BCUT2D eigenvalue weighted by Gasteiger charge is 2.53. The predicted octanol–water partition coefficient (Wildman–Crippen LogP) is 7.23. The van der Waals surface area contributed by atoms with Crippen molar-refractivity contribution in [2.45, 2.75) is 44.9 Å². The second-order valence-electron chi connectivity index (χ2n) is 11.1. The van der Waals surface area contributed by atoms with Crippen molar-refractivity contribution >= 4 is 22.3 Å². The topological polar surface area (TPSA) is 79.5 Å². The van der Waals surface area contributed by atoms with Crippen LogP contribution in [0, 0.1) is 28.6 Å². The largest absolute Gasteiger partial charge is 0.293 e. The molecule has 5 nitrogen and oxygen atoms in total. The SMILES string of the molecule is C=C/C(F)=C(\C=C)c1nc(-c2ccnc3ccccc23)nc2c1CCC1C2C=C(C#N)C(=O)[C@]1(C)CC1CC1. The summed E-state index contributed by atoms with van der Waals surface area (Å²) in [4.78, 5) is 28.1. The summed E-state index contributed by atoms with van der Waals surface area (Å²) >= 11 is 0. The third-order valence-corrected chi connectivity index (χ3v) is 8.74. The summed E-state index contributed by atoms with van der Waals surface area (Å²) < 4.78 is 15.1. The molecule has 3 aliphatic carbocycles. The van der Waals surface area contributed by atoms with Gasteiger partial charge in [-0.1, -0.05) is 63.3 Å². The maximum atomic E-state index is 15.1. The van der Waals surface area contributed by atoms with Gasteiger partial charge in [0.1, 0.15) is 11.9 Å². The quantitative estimate of drug-likeness (QED) is 0.323. The molecular weight excluding hydrogens is 487 g/mol. The Morgan fingerprint density at radius 1 is 1.18 bits per heavy atom. The number of nitrogens with zero attached hydrogens (tertiary/aromatic N) is 4. The molecule has 6 rings (SSSR count). The first kappa shape index (κ1) is 25.1. The molecule has 1 saturated carbocycles. The summed E-state index contributed by atoms with van der Waals surface area (Å²) in [6.07, 6.45) is 10.5. The highest BCUT2D eigenvalue weighted by Crippen LogP contribution is 2.56. The Labute approximate surface area is 227 Å². The first-order chi connectivity index (χ1) is 18.9. The molecule has 6 heteroatoms. The normalized spacial score (nSPS) is 24.6. The minimum Gasteiger partial charge on any atom is -0.293 e. The Kier molecular flexibility index (Phi) is 6.10. The summed E-state index contributed by atoms with van der Waals surface area (Å²) in [5.41, 5.74) is 3.48. The Hall–Kier alpha value is -4.24. The average Bonchev–Trinajstić information content (AvgIpc) is 3.78. The Bertz CT molecular complexity index is 1650. The van der Waals surface area contributed by atoms with Crippen LogP contribution in [0.5, 0.6) is 0 Å². The van der Waals surface area contributed by atoms with Crippen LogP contribution in [-0.2, 0) is 11.2 Å². The molecule has 0 N–H and O–H groups in total. The van der Waals surface area contributed by atoms with Crippen molar-refractivity contribution in [3.63, 3.8) is 0 Å².